The van der Waals surface area contributed by atoms with Gasteiger partial charge in [0.2, 0.25) is 0 Å². The maximum Gasteiger partial charge on any atom is 0.339 e. The molecular weight excluding hydrogens is 340 g/mol. The van der Waals surface area contributed by atoms with Gasteiger partial charge in [-0.25, -0.2) is 4.79 Å². The van der Waals surface area contributed by atoms with E-state index in [1.54, 1.807) is 18.2 Å². The zero-order chi connectivity index (χ0) is 19.1. The van der Waals surface area contributed by atoms with Gasteiger partial charge in [0, 0.05) is 6.42 Å². The number of carboxylic acids is 1. The Hall–Kier alpha value is -2.88. The average Bonchev–Trinajstić information content (AvgIpc) is 3.45. The van der Waals surface area contributed by atoms with E-state index in [9.17, 15) is 19.8 Å². The molecule has 0 saturated heterocycles. The van der Waals surface area contributed by atoms with Crippen molar-refractivity contribution in [3.63, 3.8) is 0 Å². The number of allylic oxidation sites excluding steroid dienone is 7. The molecule has 0 heterocycles. The number of rotatable bonds is 3. The number of benzene rings is 1. The molecule has 1 fully saturated rings. The first-order valence-electron chi connectivity index (χ1n) is 9.34. The van der Waals surface area contributed by atoms with Crippen LogP contribution in [0.15, 0.2) is 64.8 Å². The molecule has 1 saturated carbocycles. The Morgan fingerprint density at radius 2 is 1.81 bits per heavy atom. The van der Waals surface area contributed by atoms with Crippen LogP contribution in [-0.4, -0.2) is 22.0 Å². The first kappa shape index (κ1) is 17.5. The van der Waals surface area contributed by atoms with Crippen molar-refractivity contribution in [2.45, 2.75) is 32.6 Å². The Bertz CT molecular complexity index is 937. The fraction of sp³-hybridized carbons (Fsp3) is 0.304. The minimum absolute atomic E-state index is 0.00568. The van der Waals surface area contributed by atoms with Crippen molar-refractivity contribution in [2.24, 2.45) is 11.8 Å². The molecular formula is C23H22O4. The molecule has 4 heteroatoms. The van der Waals surface area contributed by atoms with Gasteiger partial charge in [-0.05, 0) is 84.1 Å². The Morgan fingerprint density at radius 1 is 1.11 bits per heavy atom. The summed E-state index contributed by atoms with van der Waals surface area (Å²) in [5.74, 6) is -0.870. The van der Waals surface area contributed by atoms with Crippen molar-refractivity contribution in [1.29, 1.82) is 0 Å². The molecule has 3 aliphatic rings. The number of phenolic OH excluding ortho intramolecular Hbond substituents is 1. The summed E-state index contributed by atoms with van der Waals surface area (Å²) in [5, 5.41) is 19.1. The number of carboxylic acid groups (broad SMARTS) is 1. The van der Waals surface area contributed by atoms with E-state index in [1.165, 1.54) is 5.57 Å². The summed E-state index contributed by atoms with van der Waals surface area (Å²) in [7, 11) is 0. The lowest BCUT2D eigenvalue weighted by Crippen LogP contribution is -2.19. The second-order valence-corrected chi connectivity index (χ2v) is 7.61. The molecule has 1 unspecified atom stereocenters. The lowest BCUT2D eigenvalue weighted by Gasteiger charge is -2.21. The van der Waals surface area contributed by atoms with Crippen LogP contribution in [0.1, 0.15) is 38.2 Å². The zero-order valence-corrected chi connectivity index (χ0v) is 15.2. The van der Waals surface area contributed by atoms with E-state index < -0.39 is 5.97 Å². The first-order valence-corrected chi connectivity index (χ1v) is 9.34. The van der Waals surface area contributed by atoms with Crippen molar-refractivity contribution in [2.75, 3.05) is 0 Å². The molecule has 4 rings (SSSR count). The van der Waals surface area contributed by atoms with Crippen LogP contribution in [0.4, 0.5) is 0 Å². The SMILES string of the molecule is CC1=C(c2ccc(O)cc2)C=CC2CC(=O)C(C(=O)O)=CC(C3CC3)=C1C2. The van der Waals surface area contributed by atoms with E-state index in [0.29, 0.717) is 5.92 Å². The molecule has 0 spiro atoms. The van der Waals surface area contributed by atoms with Crippen LogP contribution in [-0.2, 0) is 9.59 Å². The third kappa shape index (κ3) is 3.39. The highest BCUT2D eigenvalue weighted by atomic mass is 16.4. The number of Topliss-reactive ketones (excluding diaryl/α,β-unsaturated/α-hetero) is 1. The normalized spacial score (nSPS) is 22.9. The van der Waals surface area contributed by atoms with Gasteiger partial charge in [0.1, 0.15) is 11.3 Å². The highest BCUT2D eigenvalue weighted by molar-refractivity contribution is 6.17. The molecule has 138 valence electrons. The van der Waals surface area contributed by atoms with E-state index in [4.69, 9.17) is 0 Å². The van der Waals surface area contributed by atoms with Gasteiger partial charge in [0.15, 0.2) is 5.78 Å². The number of carbonyl (C=O) groups excluding carboxylic acids is 1. The fourth-order valence-corrected chi connectivity index (χ4v) is 4.04. The Labute approximate surface area is 158 Å². The largest absolute Gasteiger partial charge is 0.508 e. The van der Waals surface area contributed by atoms with Gasteiger partial charge >= 0.3 is 5.97 Å². The molecule has 3 aliphatic carbocycles. The van der Waals surface area contributed by atoms with E-state index >= 15 is 0 Å². The lowest BCUT2D eigenvalue weighted by atomic mass is 9.83. The van der Waals surface area contributed by atoms with Crippen molar-refractivity contribution in [3.05, 3.63) is 70.3 Å². The van der Waals surface area contributed by atoms with Gasteiger partial charge < -0.3 is 10.2 Å². The van der Waals surface area contributed by atoms with E-state index in [1.807, 2.05) is 24.3 Å². The monoisotopic (exact) mass is 362 g/mol. The fourth-order valence-electron chi connectivity index (χ4n) is 4.04. The zero-order valence-electron chi connectivity index (χ0n) is 15.2. The Kier molecular flexibility index (Phi) is 4.34. The van der Waals surface area contributed by atoms with Crippen LogP contribution >= 0.6 is 0 Å². The number of aromatic hydroxyl groups is 1. The summed E-state index contributed by atoms with van der Waals surface area (Å²) >= 11 is 0. The molecule has 1 atom stereocenters. The summed E-state index contributed by atoms with van der Waals surface area (Å²) in [6.45, 7) is 2.07. The molecule has 4 nitrogen and oxygen atoms in total. The first-order chi connectivity index (χ1) is 12.9. The summed E-state index contributed by atoms with van der Waals surface area (Å²) in [4.78, 5) is 24.2. The molecule has 2 N–H and O–H groups in total. The third-order valence-corrected chi connectivity index (χ3v) is 5.68. The maximum atomic E-state index is 12.5. The van der Waals surface area contributed by atoms with E-state index in [-0.39, 0.29) is 29.4 Å². The van der Waals surface area contributed by atoms with Crippen molar-refractivity contribution in [1.82, 2.24) is 0 Å². The second kappa shape index (κ2) is 6.69. The number of ketones is 1. The van der Waals surface area contributed by atoms with Gasteiger partial charge in [-0.15, -0.1) is 0 Å². The predicted molar refractivity (Wildman–Crippen MR) is 103 cm³/mol. The van der Waals surface area contributed by atoms with Crippen molar-refractivity contribution in [3.8, 4) is 5.75 Å². The van der Waals surface area contributed by atoms with E-state index in [2.05, 4.69) is 6.92 Å². The number of carbonyl (C=O) groups is 2. The summed E-state index contributed by atoms with van der Waals surface area (Å²) in [5.41, 5.74) is 5.28. The minimum Gasteiger partial charge on any atom is -0.508 e. The maximum absolute atomic E-state index is 12.5. The molecule has 1 aromatic rings. The standard InChI is InChI=1S/C23H22O4/c1-13-18(15-5-7-17(24)8-6-15)9-2-14-10-19(13)20(16-3-4-16)12-21(23(26)27)22(25)11-14/h2,5-9,12,14,16,24H,3-4,10-11H2,1H3,(H,26,27). The molecule has 2 bridgehead atoms. The molecule has 0 aromatic heterocycles. The minimum atomic E-state index is -1.14. The van der Waals surface area contributed by atoms with Gasteiger partial charge in [0.25, 0.3) is 0 Å². The summed E-state index contributed by atoms with van der Waals surface area (Å²) < 4.78 is 0. The van der Waals surface area contributed by atoms with Crippen LogP contribution in [0.25, 0.3) is 5.57 Å². The average molecular weight is 362 g/mol. The number of hydrogen-bond donors (Lipinski definition) is 2. The summed E-state index contributed by atoms with van der Waals surface area (Å²) in [6.07, 6.45) is 8.76. The third-order valence-electron chi connectivity index (χ3n) is 5.68. The number of fused-ring (bicyclic) bond motifs is 2. The number of hydrogen-bond acceptors (Lipinski definition) is 3. The Balaban J connectivity index is 1.92. The smallest absolute Gasteiger partial charge is 0.339 e. The second-order valence-electron chi connectivity index (χ2n) is 7.61. The number of phenols is 1. The van der Waals surface area contributed by atoms with Crippen LogP contribution in [0.2, 0.25) is 0 Å². The van der Waals surface area contributed by atoms with Crippen molar-refractivity contribution < 1.29 is 19.8 Å². The molecule has 0 amide bonds. The summed E-state index contributed by atoms with van der Waals surface area (Å²) in [6, 6.07) is 7.11. The van der Waals surface area contributed by atoms with Gasteiger partial charge in [-0.3, -0.25) is 4.79 Å². The van der Waals surface area contributed by atoms with Crippen molar-refractivity contribution >= 4 is 17.3 Å². The van der Waals surface area contributed by atoms with Gasteiger partial charge in [0.05, 0.1) is 0 Å². The highest BCUT2D eigenvalue weighted by Gasteiger charge is 2.34. The predicted octanol–water partition coefficient (Wildman–Crippen LogP) is 4.43. The lowest BCUT2D eigenvalue weighted by molar-refractivity contribution is -0.134. The molecule has 1 aromatic carbocycles. The molecule has 27 heavy (non-hydrogen) atoms. The van der Waals surface area contributed by atoms with E-state index in [0.717, 1.165) is 41.5 Å². The number of aliphatic carboxylic acids is 1. The molecule has 0 aliphatic heterocycles. The van der Waals surface area contributed by atoms with Crippen LogP contribution in [0, 0.1) is 11.8 Å². The topological polar surface area (TPSA) is 74.6 Å². The van der Waals surface area contributed by atoms with Crippen LogP contribution < -0.4 is 0 Å². The van der Waals surface area contributed by atoms with Gasteiger partial charge in [-0.1, -0.05) is 24.3 Å². The van der Waals surface area contributed by atoms with Crippen LogP contribution in [0.5, 0.6) is 5.75 Å². The quantitative estimate of drug-likeness (QED) is 0.780. The van der Waals surface area contributed by atoms with Crippen LogP contribution in [0.3, 0.4) is 0 Å². The highest BCUT2D eigenvalue weighted by Crippen LogP contribution is 2.45. The van der Waals surface area contributed by atoms with Gasteiger partial charge in [-0.2, -0.15) is 0 Å². The Morgan fingerprint density at radius 3 is 2.44 bits per heavy atom. The molecule has 0 radical (unpaired) electrons.